The maximum atomic E-state index is 12.3. The first kappa shape index (κ1) is 14.4. The summed E-state index contributed by atoms with van der Waals surface area (Å²) in [4.78, 5) is 12.8. The number of aryl methyl sites for hydroxylation is 1. The van der Waals surface area contributed by atoms with E-state index in [1.165, 1.54) is 17.9 Å². The number of carbonyl (C=O) groups excluding carboxylic acids is 1. The van der Waals surface area contributed by atoms with Crippen molar-refractivity contribution in [3.05, 3.63) is 11.8 Å². The molecule has 1 heterocycles. The second-order valence-corrected chi connectivity index (χ2v) is 3.56. The van der Waals surface area contributed by atoms with Crippen LogP contribution in [0.4, 0.5) is 8.78 Å². The number of alkyl halides is 2. The van der Waals surface area contributed by atoms with Crippen LogP contribution in [-0.2, 0) is 7.05 Å². The lowest BCUT2D eigenvalue weighted by atomic mass is 10.3. The number of carbonyl (C=O) groups is 1. The summed E-state index contributed by atoms with van der Waals surface area (Å²) in [5, 5.41) is 12.6. The number of rotatable bonds is 6. The number of ether oxygens (including phenoxy) is 1. The van der Waals surface area contributed by atoms with E-state index in [1.807, 2.05) is 0 Å². The Morgan fingerprint density at radius 2 is 2.33 bits per heavy atom. The van der Waals surface area contributed by atoms with Crippen molar-refractivity contribution in [2.75, 3.05) is 26.8 Å². The number of methoxy groups -OCH3 is 1. The van der Waals surface area contributed by atoms with E-state index in [1.54, 1.807) is 7.05 Å². The third kappa shape index (κ3) is 3.39. The highest BCUT2D eigenvalue weighted by molar-refractivity contribution is 5.92. The van der Waals surface area contributed by atoms with Crippen molar-refractivity contribution < 1.29 is 23.4 Å². The van der Waals surface area contributed by atoms with Gasteiger partial charge in [0.05, 0.1) is 20.3 Å². The Hall–Kier alpha value is -1.70. The summed E-state index contributed by atoms with van der Waals surface area (Å²) >= 11 is 0. The summed E-state index contributed by atoms with van der Waals surface area (Å²) < 4.78 is 30.9. The minimum Gasteiger partial charge on any atom is -0.481 e. The Balaban J connectivity index is 2.86. The second kappa shape index (κ2) is 6.29. The number of amides is 1. The van der Waals surface area contributed by atoms with E-state index in [4.69, 9.17) is 9.84 Å². The third-order valence-corrected chi connectivity index (χ3v) is 2.28. The average molecular weight is 263 g/mol. The molecule has 18 heavy (non-hydrogen) atoms. The number of halogens is 2. The third-order valence-electron chi connectivity index (χ3n) is 2.28. The smallest absolute Gasteiger partial charge is 0.274 e. The number of aliphatic hydroxyl groups excluding tert-OH is 1. The molecule has 0 saturated carbocycles. The van der Waals surface area contributed by atoms with E-state index >= 15 is 0 Å². The number of nitrogens with zero attached hydrogens (tertiary/aromatic N) is 3. The van der Waals surface area contributed by atoms with Crippen LogP contribution in [-0.4, -0.2) is 58.9 Å². The monoisotopic (exact) mass is 263 g/mol. The van der Waals surface area contributed by atoms with Gasteiger partial charge in [-0.1, -0.05) is 0 Å². The number of aliphatic hydroxyl groups is 1. The standard InChI is InChI=1S/C10H15F2N3O3/c1-14-9(18-2)5-7(13-14)10(17)15(3-4-16)6-8(11)12/h5,8,16H,3-4,6H2,1-2H3. The molecular weight excluding hydrogens is 248 g/mol. The van der Waals surface area contributed by atoms with E-state index in [9.17, 15) is 13.6 Å². The molecule has 0 aliphatic heterocycles. The molecule has 102 valence electrons. The Morgan fingerprint density at radius 1 is 1.67 bits per heavy atom. The van der Waals surface area contributed by atoms with Crippen LogP contribution in [0.15, 0.2) is 6.07 Å². The van der Waals surface area contributed by atoms with Crippen LogP contribution in [0.25, 0.3) is 0 Å². The molecule has 0 aliphatic rings. The molecule has 1 amide bonds. The van der Waals surface area contributed by atoms with Crippen molar-refractivity contribution in [1.82, 2.24) is 14.7 Å². The van der Waals surface area contributed by atoms with Crippen LogP contribution in [0, 0.1) is 0 Å². The van der Waals surface area contributed by atoms with Gasteiger partial charge >= 0.3 is 0 Å². The van der Waals surface area contributed by atoms with Gasteiger partial charge in [-0.05, 0) is 0 Å². The lowest BCUT2D eigenvalue weighted by Gasteiger charge is -2.19. The summed E-state index contributed by atoms with van der Waals surface area (Å²) in [5.74, 6) is -0.317. The molecule has 0 spiro atoms. The Labute approximate surface area is 103 Å². The SMILES string of the molecule is COc1cc(C(=O)N(CCO)CC(F)F)nn1C. The maximum absolute atomic E-state index is 12.3. The molecule has 1 rings (SSSR count). The van der Waals surface area contributed by atoms with Gasteiger partial charge in [-0.25, -0.2) is 13.5 Å². The van der Waals surface area contributed by atoms with E-state index in [2.05, 4.69) is 5.10 Å². The summed E-state index contributed by atoms with van der Waals surface area (Å²) in [5.41, 5.74) is 0.00319. The molecule has 0 aliphatic carbocycles. The van der Waals surface area contributed by atoms with Gasteiger partial charge in [0, 0.05) is 19.7 Å². The van der Waals surface area contributed by atoms with Gasteiger partial charge in [-0.3, -0.25) is 4.79 Å². The van der Waals surface area contributed by atoms with Crippen molar-refractivity contribution in [1.29, 1.82) is 0 Å². The molecule has 1 aromatic heterocycles. The van der Waals surface area contributed by atoms with Crippen LogP contribution >= 0.6 is 0 Å². The molecule has 0 saturated heterocycles. The topological polar surface area (TPSA) is 67.6 Å². The Bertz CT molecular complexity index is 409. The largest absolute Gasteiger partial charge is 0.481 e. The van der Waals surface area contributed by atoms with E-state index < -0.39 is 18.9 Å². The zero-order valence-corrected chi connectivity index (χ0v) is 10.1. The van der Waals surface area contributed by atoms with Gasteiger partial charge in [-0.2, -0.15) is 5.10 Å². The van der Waals surface area contributed by atoms with Crippen LogP contribution < -0.4 is 4.74 Å². The van der Waals surface area contributed by atoms with Gasteiger partial charge < -0.3 is 14.7 Å². The Kier molecular flexibility index (Phi) is 5.02. The number of hydrogen-bond acceptors (Lipinski definition) is 4. The summed E-state index contributed by atoms with van der Waals surface area (Å²) in [6.45, 7) is -1.29. The fourth-order valence-corrected chi connectivity index (χ4v) is 1.47. The lowest BCUT2D eigenvalue weighted by Crippen LogP contribution is -2.37. The molecule has 0 atom stereocenters. The lowest BCUT2D eigenvalue weighted by molar-refractivity contribution is 0.0503. The molecule has 1 aromatic rings. The predicted molar refractivity (Wildman–Crippen MR) is 58.8 cm³/mol. The average Bonchev–Trinajstić information content (AvgIpc) is 2.68. The molecule has 6 nitrogen and oxygen atoms in total. The first-order valence-corrected chi connectivity index (χ1v) is 5.26. The van der Waals surface area contributed by atoms with E-state index in [-0.39, 0.29) is 18.8 Å². The van der Waals surface area contributed by atoms with Crippen molar-refractivity contribution in [2.45, 2.75) is 6.43 Å². The van der Waals surface area contributed by atoms with Gasteiger partial charge in [-0.15, -0.1) is 0 Å². The second-order valence-electron chi connectivity index (χ2n) is 3.56. The number of aromatic nitrogens is 2. The molecule has 0 aromatic carbocycles. The highest BCUT2D eigenvalue weighted by atomic mass is 19.3. The summed E-state index contributed by atoms with van der Waals surface area (Å²) in [6, 6.07) is 1.36. The van der Waals surface area contributed by atoms with Gasteiger partial charge in [0.15, 0.2) is 5.69 Å². The van der Waals surface area contributed by atoms with Crippen LogP contribution in [0.5, 0.6) is 5.88 Å². The molecular formula is C10H15F2N3O3. The zero-order valence-electron chi connectivity index (χ0n) is 10.1. The van der Waals surface area contributed by atoms with Crippen molar-refractivity contribution in [3.63, 3.8) is 0 Å². The normalized spacial score (nSPS) is 10.8. The minimum atomic E-state index is -2.66. The van der Waals surface area contributed by atoms with E-state index in [0.717, 1.165) is 4.90 Å². The highest BCUT2D eigenvalue weighted by Gasteiger charge is 2.22. The van der Waals surface area contributed by atoms with Crippen molar-refractivity contribution in [3.8, 4) is 5.88 Å². The van der Waals surface area contributed by atoms with Crippen LogP contribution in [0.2, 0.25) is 0 Å². The van der Waals surface area contributed by atoms with Gasteiger partial charge in [0.25, 0.3) is 12.3 Å². The molecule has 0 unspecified atom stereocenters. The highest BCUT2D eigenvalue weighted by Crippen LogP contribution is 2.13. The first-order chi connectivity index (χ1) is 8.49. The molecule has 0 fully saturated rings. The van der Waals surface area contributed by atoms with Crippen LogP contribution in [0.3, 0.4) is 0 Å². The fourth-order valence-electron chi connectivity index (χ4n) is 1.47. The Morgan fingerprint density at radius 3 is 2.78 bits per heavy atom. The fraction of sp³-hybridized carbons (Fsp3) is 0.600. The van der Waals surface area contributed by atoms with Crippen LogP contribution in [0.1, 0.15) is 10.5 Å². The quantitative estimate of drug-likeness (QED) is 0.792. The minimum absolute atomic E-state index is 0.00319. The molecule has 0 radical (unpaired) electrons. The number of hydrogen-bond donors (Lipinski definition) is 1. The first-order valence-electron chi connectivity index (χ1n) is 5.26. The van der Waals surface area contributed by atoms with E-state index in [0.29, 0.717) is 5.88 Å². The molecule has 8 heteroatoms. The predicted octanol–water partition coefficient (Wildman–Crippen LogP) is 0.128. The van der Waals surface area contributed by atoms with Gasteiger partial charge in [0.2, 0.25) is 5.88 Å². The van der Waals surface area contributed by atoms with Gasteiger partial charge in [0.1, 0.15) is 0 Å². The maximum Gasteiger partial charge on any atom is 0.274 e. The summed E-state index contributed by atoms with van der Waals surface area (Å²) in [6.07, 6.45) is -2.66. The molecule has 0 bridgehead atoms. The molecule has 1 N–H and O–H groups in total. The summed E-state index contributed by atoms with van der Waals surface area (Å²) in [7, 11) is 2.98. The van der Waals surface area contributed by atoms with Crippen molar-refractivity contribution >= 4 is 5.91 Å². The zero-order chi connectivity index (χ0) is 13.7. The van der Waals surface area contributed by atoms with Crippen molar-refractivity contribution in [2.24, 2.45) is 7.05 Å².